The van der Waals surface area contributed by atoms with Gasteiger partial charge in [0.15, 0.2) is 0 Å². The van der Waals surface area contributed by atoms with Gasteiger partial charge < -0.3 is 25.1 Å². The summed E-state index contributed by atoms with van der Waals surface area (Å²) in [4.78, 5) is 27.7. The number of rotatable bonds is 3. The van der Waals surface area contributed by atoms with Gasteiger partial charge in [-0.05, 0) is 56.6 Å². The number of piperidine rings is 1. The smallest absolute Gasteiger partial charge is 0.261 e. The molecule has 1 aromatic carbocycles. The van der Waals surface area contributed by atoms with Crippen LogP contribution >= 0.6 is 0 Å². The maximum atomic E-state index is 12.7. The Morgan fingerprint density at radius 3 is 2.88 bits per heavy atom. The number of carbonyl (C=O) groups is 1. The average Bonchev–Trinajstić information content (AvgIpc) is 3.03. The van der Waals surface area contributed by atoms with E-state index in [9.17, 15) is 9.59 Å². The van der Waals surface area contributed by atoms with E-state index in [0.717, 1.165) is 37.7 Å². The predicted molar refractivity (Wildman–Crippen MR) is 97.8 cm³/mol. The monoisotopic (exact) mass is 357 g/mol. The number of nitrogens with one attached hydrogen (secondary N) is 3. The minimum Gasteiger partial charge on any atom is -0.497 e. The number of carbonyl (C=O) groups excluding carboxylic acids is 1. The Hall–Kier alpha value is -2.38. The fraction of sp³-hybridized carbons (Fsp3) is 0.474. The first kappa shape index (κ1) is 17.1. The molecule has 26 heavy (non-hydrogen) atoms. The van der Waals surface area contributed by atoms with Crippen molar-refractivity contribution in [2.75, 3.05) is 26.8 Å². The molecule has 0 bridgehead atoms. The Bertz CT molecular complexity index is 886. The summed E-state index contributed by atoms with van der Waals surface area (Å²) in [7, 11) is 1.58. The number of fused-ring (bicyclic) bond motifs is 1. The van der Waals surface area contributed by atoms with Crippen LogP contribution in [0.15, 0.2) is 29.1 Å². The lowest BCUT2D eigenvalue weighted by Crippen LogP contribution is -2.43. The van der Waals surface area contributed by atoms with E-state index in [1.54, 1.807) is 31.4 Å². The highest BCUT2D eigenvalue weighted by Crippen LogP contribution is 2.34. The summed E-state index contributed by atoms with van der Waals surface area (Å²) in [6.07, 6.45) is 2.70. The van der Waals surface area contributed by atoms with Gasteiger partial charge in [-0.1, -0.05) is 0 Å². The molecule has 138 valence electrons. The standard InChI is InChI=1S/C19H23N3O4/c1-25-14-2-3-16-12(8-14)9-15(18(24)22-16)17(23)21-13-10-19(26-11-13)4-6-20-7-5-19/h2-3,8-9,13,20H,4-7,10-11H2,1H3,(H,21,23)(H,22,24). The zero-order chi connectivity index (χ0) is 18.1. The zero-order valence-corrected chi connectivity index (χ0v) is 14.8. The number of methoxy groups -OCH3 is 1. The SMILES string of the molecule is COc1ccc2[nH]c(=O)c(C(=O)NC3COC4(CCNCC4)C3)cc2c1. The summed E-state index contributed by atoms with van der Waals surface area (Å²) < 4.78 is 11.2. The van der Waals surface area contributed by atoms with Crippen LogP contribution in [0.2, 0.25) is 0 Å². The van der Waals surface area contributed by atoms with Crippen molar-refractivity contribution in [3.05, 3.63) is 40.2 Å². The van der Waals surface area contributed by atoms with E-state index in [-0.39, 0.29) is 23.1 Å². The van der Waals surface area contributed by atoms with E-state index in [1.807, 2.05) is 0 Å². The van der Waals surface area contributed by atoms with Crippen LogP contribution < -0.4 is 20.9 Å². The van der Waals surface area contributed by atoms with Gasteiger partial charge in [0.05, 0.1) is 25.4 Å². The Labute approximate surface area is 151 Å². The number of aromatic nitrogens is 1. The molecule has 0 aliphatic carbocycles. The van der Waals surface area contributed by atoms with Crippen molar-refractivity contribution in [1.82, 2.24) is 15.6 Å². The van der Waals surface area contributed by atoms with Crippen LogP contribution in [0.1, 0.15) is 29.6 Å². The normalized spacial score (nSPS) is 21.8. The number of hydrogen-bond acceptors (Lipinski definition) is 5. The van der Waals surface area contributed by atoms with Gasteiger partial charge in [0.2, 0.25) is 0 Å². The van der Waals surface area contributed by atoms with Gasteiger partial charge in [-0.3, -0.25) is 9.59 Å². The van der Waals surface area contributed by atoms with Crippen LogP contribution in [-0.4, -0.2) is 49.3 Å². The molecule has 4 rings (SSSR count). The third-order valence-corrected chi connectivity index (χ3v) is 5.36. The number of pyridine rings is 1. The van der Waals surface area contributed by atoms with Gasteiger partial charge in [-0.2, -0.15) is 0 Å². The quantitative estimate of drug-likeness (QED) is 0.767. The van der Waals surface area contributed by atoms with Crippen LogP contribution in [0.3, 0.4) is 0 Å². The van der Waals surface area contributed by atoms with E-state index in [1.165, 1.54) is 0 Å². The molecule has 1 unspecified atom stereocenters. The highest BCUT2D eigenvalue weighted by molar-refractivity contribution is 5.97. The average molecular weight is 357 g/mol. The van der Waals surface area contributed by atoms with Crippen molar-refractivity contribution in [2.45, 2.75) is 30.9 Å². The van der Waals surface area contributed by atoms with Crippen molar-refractivity contribution in [3.8, 4) is 5.75 Å². The highest BCUT2D eigenvalue weighted by Gasteiger charge is 2.41. The topological polar surface area (TPSA) is 92.5 Å². The molecule has 3 N–H and O–H groups in total. The molecule has 0 saturated carbocycles. The third-order valence-electron chi connectivity index (χ3n) is 5.36. The second-order valence-corrected chi connectivity index (χ2v) is 7.08. The van der Waals surface area contributed by atoms with E-state index < -0.39 is 5.56 Å². The van der Waals surface area contributed by atoms with Gasteiger partial charge in [-0.15, -0.1) is 0 Å². The Kier molecular flexibility index (Phi) is 4.42. The second-order valence-electron chi connectivity index (χ2n) is 7.08. The summed E-state index contributed by atoms with van der Waals surface area (Å²) >= 11 is 0. The lowest BCUT2D eigenvalue weighted by atomic mass is 9.88. The summed E-state index contributed by atoms with van der Waals surface area (Å²) in [5.74, 6) is 0.309. The van der Waals surface area contributed by atoms with Crippen LogP contribution in [0, 0.1) is 0 Å². The summed E-state index contributed by atoms with van der Waals surface area (Å²) in [5.41, 5.74) is 0.254. The summed E-state index contributed by atoms with van der Waals surface area (Å²) in [6, 6.07) is 6.88. The van der Waals surface area contributed by atoms with Crippen LogP contribution in [0.25, 0.3) is 10.9 Å². The number of hydrogen-bond donors (Lipinski definition) is 3. The van der Waals surface area contributed by atoms with Crippen molar-refractivity contribution in [2.24, 2.45) is 0 Å². The molecule has 2 aliphatic rings. The first-order chi connectivity index (χ1) is 12.6. The summed E-state index contributed by atoms with van der Waals surface area (Å²) in [6.45, 7) is 2.37. The molecular weight excluding hydrogens is 334 g/mol. The number of benzene rings is 1. The fourth-order valence-electron chi connectivity index (χ4n) is 3.91. The molecule has 1 atom stereocenters. The van der Waals surface area contributed by atoms with Crippen LogP contribution in [0.5, 0.6) is 5.75 Å². The van der Waals surface area contributed by atoms with Crippen molar-refractivity contribution < 1.29 is 14.3 Å². The highest BCUT2D eigenvalue weighted by atomic mass is 16.5. The number of ether oxygens (including phenoxy) is 2. The minimum atomic E-state index is -0.393. The molecule has 1 amide bonds. The Morgan fingerprint density at radius 1 is 1.31 bits per heavy atom. The Morgan fingerprint density at radius 2 is 2.12 bits per heavy atom. The molecule has 7 nitrogen and oxygen atoms in total. The van der Waals surface area contributed by atoms with Gasteiger partial charge in [0, 0.05) is 10.9 Å². The predicted octanol–water partition coefficient (Wildman–Crippen LogP) is 1.18. The van der Waals surface area contributed by atoms with E-state index in [4.69, 9.17) is 9.47 Å². The second kappa shape index (κ2) is 6.74. The van der Waals surface area contributed by atoms with E-state index in [2.05, 4.69) is 15.6 Å². The van der Waals surface area contributed by atoms with E-state index >= 15 is 0 Å². The third kappa shape index (κ3) is 3.20. The van der Waals surface area contributed by atoms with Gasteiger partial charge in [0.25, 0.3) is 11.5 Å². The molecule has 2 saturated heterocycles. The largest absolute Gasteiger partial charge is 0.497 e. The molecule has 7 heteroatoms. The number of H-pyrrole nitrogens is 1. The molecule has 2 aromatic rings. The number of aromatic amines is 1. The molecule has 2 aliphatic heterocycles. The maximum Gasteiger partial charge on any atom is 0.261 e. The van der Waals surface area contributed by atoms with Crippen molar-refractivity contribution in [3.63, 3.8) is 0 Å². The zero-order valence-electron chi connectivity index (χ0n) is 14.8. The fourth-order valence-corrected chi connectivity index (χ4v) is 3.91. The molecule has 1 aromatic heterocycles. The molecule has 3 heterocycles. The van der Waals surface area contributed by atoms with Gasteiger partial charge >= 0.3 is 0 Å². The van der Waals surface area contributed by atoms with Crippen LogP contribution in [-0.2, 0) is 4.74 Å². The first-order valence-corrected chi connectivity index (χ1v) is 8.95. The lowest BCUT2D eigenvalue weighted by Gasteiger charge is -2.32. The molecule has 1 spiro atoms. The van der Waals surface area contributed by atoms with Gasteiger partial charge in [0.1, 0.15) is 11.3 Å². The van der Waals surface area contributed by atoms with E-state index in [0.29, 0.717) is 17.9 Å². The first-order valence-electron chi connectivity index (χ1n) is 8.95. The van der Waals surface area contributed by atoms with Crippen molar-refractivity contribution in [1.29, 1.82) is 0 Å². The lowest BCUT2D eigenvalue weighted by molar-refractivity contribution is -0.0194. The summed E-state index contributed by atoms with van der Waals surface area (Å²) in [5, 5.41) is 7.05. The molecule has 0 radical (unpaired) electrons. The number of amides is 1. The van der Waals surface area contributed by atoms with Crippen molar-refractivity contribution >= 4 is 16.8 Å². The minimum absolute atomic E-state index is 0.0685. The maximum absolute atomic E-state index is 12.7. The molecule has 2 fully saturated rings. The molecular formula is C19H23N3O4. The van der Waals surface area contributed by atoms with Crippen LogP contribution in [0.4, 0.5) is 0 Å². The Balaban J connectivity index is 1.52. The van der Waals surface area contributed by atoms with Gasteiger partial charge in [-0.25, -0.2) is 0 Å².